The molecule has 2 N–H and O–H groups in total. The van der Waals surface area contributed by atoms with Crippen molar-refractivity contribution < 1.29 is 17.9 Å². The molecule has 0 amide bonds. The van der Waals surface area contributed by atoms with Gasteiger partial charge in [0.05, 0.1) is 19.2 Å². The lowest BCUT2D eigenvalue weighted by atomic mass is 9.84. The third kappa shape index (κ3) is 5.62. The van der Waals surface area contributed by atoms with E-state index in [1.165, 1.54) is 38.3 Å². The first-order valence-electron chi connectivity index (χ1n) is 12.1. The zero-order valence-corrected chi connectivity index (χ0v) is 21.6. The molecule has 4 rings (SSSR count). The first-order valence-corrected chi connectivity index (χ1v) is 12.1. The van der Waals surface area contributed by atoms with Crippen LogP contribution in [0.2, 0.25) is 0 Å². The Bertz CT molecular complexity index is 1360. The van der Waals surface area contributed by atoms with E-state index in [0.717, 1.165) is 53.4 Å². The lowest BCUT2D eigenvalue weighted by Crippen LogP contribution is -2.47. The van der Waals surface area contributed by atoms with Crippen molar-refractivity contribution in [2.75, 3.05) is 7.11 Å². The summed E-state index contributed by atoms with van der Waals surface area (Å²) in [6.45, 7) is 0.906. The average Bonchev–Trinajstić information content (AvgIpc) is 2.87. The summed E-state index contributed by atoms with van der Waals surface area (Å²) in [6, 6.07) is 7.29. The molecule has 1 atom stereocenters. The highest BCUT2D eigenvalue weighted by molar-refractivity contribution is 5.85. The lowest BCUT2D eigenvalue weighted by molar-refractivity contribution is 0.280. The fourth-order valence-corrected chi connectivity index (χ4v) is 5.08. The van der Waals surface area contributed by atoms with E-state index in [-0.39, 0.29) is 53.0 Å². The molecule has 1 aliphatic carbocycles. The van der Waals surface area contributed by atoms with Gasteiger partial charge < -0.3 is 10.5 Å². The highest BCUT2D eigenvalue weighted by atomic mass is 35.5. The minimum absolute atomic E-state index is 0. The second kappa shape index (κ2) is 12.0. The molecular formula is C27H31ClF3N3O3. The van der Waals surface area contributed by atoms with Crippen molar-refractivity contribution in [3.05, 3.63) is 85.9 Å². The lowest BCUT2D eigenvalue weighted by Gasteiger charge is -2.28. The van der Waals surface area contributed by atoms with Crippen molar-refractivity contribution >= 4 is 12.4 Å². The van der Waals surface area contributed by atoms with Gasteiger partial charge in [0.2, 0.25) is 0 Å². The van der Waals surface area contributed by atoms with Crippen molar-refractivity contribution in [3.8, 4) is 16.9 Å². The fourth-order valence-electron chi connectivity index (χ4n) is 5.08. The normalized spacial score (nSPS) is 14.8. The SMILES string of the molecule is COc1cccc(-c2c(C)n(Cc3c(F)cccc3F)c(=O)n(C[C@H](N)C3CCCCC3)c2=O)c1F.Cl. The topological polar surface area (TPSA) is 79.2 Å². The van der Waals surface area contributed by atoms with Gasteiger partial charge in [-0.15, -0.1) is 12.4 Å². The van der Waals surface area contributed by atoms with E-state index < -0.39 is 41.3 Å². The standard InChI is InChI=1S/C27H30F3N3O3.ClH/c1-16-24(18-10-6-13-23(36-2)25(18)30)26(34)33(15-22(31)17-8-4-3-5-9-17)27(35)32(16)14-19-20(28)11-7-12-21(19)29;/h6-7,10-13,17,22H,3-5,8-9,14-15,31H2,1-2H3;1H/t22-;/m0./s1. The van der Waals surface area contributed by atoms with E-state index in [0.29, 0.717) is 0 Å². The minimum atomic E-state index is -0.827. The van der Waals surface area contributed by atoms with Crippen LogP contribution < -0.4 is 21.7 Å². The van der Waals surface area contributed by atoms with Crippen molar-refractivity contribution in [2.24, 2.45) is 11.7 Å². The number of ether oxygens (including phenoxy) is 1. The van der Waals surface area contributed by atoms with Crippen LogP contribution in [0.3, 0.4) is 0 Å². The van der Waals surface area contributed by atoms with Crippen molar-refractivity contribution in [3.63, 3.8) is 0 Å². The molecule has 200 valence electrons. The molecule has 10 heteroatoms. The second-order valence-electron chi connectivity index (χ2n) is 9.33. The van der Waals surface area contributed by atoms with Crippen molar-refractivity contribution in [1.82, 2.24) is 9.13 Å². The Morgan fingerprint density at radius 3 is 2.24 bits per heavy atom. The Labute approximate surface area is 219 Å². The maximum Gasteiger partial charge on any atom is 0.331 e. The van der Waals surface area contributed by atoms with Crippen molar-refractivity contribution in [1.29, 1.82) is 0 Å². The highest BCUT2D eigenvalue weighted by Crippen LogP contribution is 2.30. The molecule has 1 heterocycles. The molecule has 6 nitrogen and oxygen atoms in total. The molecule has 1 fully saturated rings. The zero-order chi connectivity index (χ0) is 26.0. The van der Waals surface area contributed by atoms with E-state index in [9.17, 15) is 18.4 Å². The summed E-state index contributed by atoms with van der Waals surface area (Å²) in [7, 11) is 1.30. The number of nitrogens with zero attached hydrogens (tertiary/aromatic N) is 2. The molecule has 0 spiro atoms. The predicted octanol–water partition coefficient (Wildman–Crippen LogP) is 4.79. The van der Waals surface area contributed by atoms with Gasteiger partial charge in [-0.1, -0.05) is 37.5 Å². The van der Waals surface area contributed by atoms with Crippen LogP contribution in [0.5, 0.6) is 5.75 Å². The highest BCUT2D eigenvalue weighted by Gasteiger charge is 2.26. The number of nitrogens with two attached hydrogens (primary N) is 1. The number of halogens is 4. The maximum atomic E-state index is 15.3. The third-order valence-corrected chi connectivity index (χ3v) is 7.17. The number of hydrogen-bond acceptors (Lipinski definition) is 4. The van der Waals surface area contributed by atoms with E-state index >= 15 is 4.39 Å². The molecule has 37 heavy (non-hydrogen) atoms. The number of aromatic nitrogens is 2. The predicted molar refractivity (Wildman–Crippen MR) is 139 cm³/mol. The van der Waals surface area contributed by atoms with Gasteiger partial charge >= 0.3 is 5.69 Å². The van der Waals surface area contributed by atoms with Gasteiger partial charge in [-0.2, -0.15) is 0 Å². The van der Waals surface area contributed by atoms with Crippen LogP contribution in [0.15, 0.2) is 46.0 Å². The Balaban J connectivity index is 0.00000380. The summed E-state index contributed by atoms with van der Waals surface area (Å²) >= 11 is 0. The summed E-state index contributed by atoms with van der Waals surface area (Å²) in [5.74, 6) is -2.36. The van der Waals surface area contributed by atoms with E-state index in [1.54, 1.807) is 0 Å². The Morgan fingerprint density at radius 1 is 1.00 bits per heavy atom. The van der Waals surface area contributed by atoms with Crippen LogP contribution in [0.4, 0.5) is 13.2 Å². The smallest absolute Gasteiger partial charge is 0.331 e. The first-order chi connectivity index (χ1) is 17.2. The van der Waals surface area contributed by atoms with Gasteiger partial charge in [-0.3, -0.25) is 13.9 Å². The molecule has 0 radical (unpaired) electrons. The minimum Gasteiger partial charge on any atom is -0.494 e. The number of rotatable bonds is 7. The third-order valence-electron chi connectivity index (χ3n) is 7.17. The van der Waals surface area contributed by atoms with Gasteiger partial charge in [0, 0.05) is 29.4 Å². The van der Waals surface area contributed by atoms with Gasteiger partial charge in [-0.05, 0) is 43.9 Å². The Hall–Kier alpha value is -3.04. The molecule has 1 aromatic heterocycles. The maximum absolute atomic E-state index is 15.3. The molecule has 2 aromatic carbocycles. The van der Waals surface area contributed by atoms with Gasteiger partial charge in [0.1, 0.15) is 11.6 Å². The molecule has 0 unspecified atom stereocenters. The molecule has 1 saturated carbocycles. The molecule has 0 aliphatic heterocycles. The Morgan fingerprint density at radius 2 is 1.62 bits per heavy atom. The van der Waals surface area contributed by atoms with Crippen molar-refractivity contribution in [2.45, 2.75) is 58.2 Å². The molecule has 0 saturated heterocycles. The summed E-state index contributed by atoms with van der Waals surface area (Å²) in [6.07, 6.45) is 4.96. The molecule has 0 bridgehead atoms. The zero-order valence-electron chi connectivity index (χ0n) is 20.8. The van der Waals surface area contributed by atoms with Gasteiger partial charge in [0.25, 0.3) is 5.56 Å². The number of hydrogen-bond donors (Lipinski definition) is 1. The summed E-state index contributed by atoms with van der Waals surface area (Å²) in [5, 5.41) is 0. The molecular weight excluding hydrogens is 507 g/mol. The quantitative estimate of drug-likeness (QED) is 0.470. The number of benzene rings is 2. The summed E-state index contributed by atoms with van der Waals surface area (Å²) < 4.78 is 51.4. The van der Waals surface area contributed by atoms with E-state index in [2.05, 4.69) is 0 Å². The molecule has 3 aromatic rings. The van der Waals surface area contributed by atoms with Crippen LogP contribution >= 0.6 is 12.4 Å². The molecule has 1 aliphatic rings. The number of methoxy groups -OCH3 is 1. The van der Waals surface area contributed by atoms with E-state index in [1.807, 2.05) is 0 Å². The van der Waals surface area contributed by atoms with Crippen LogP contribution in [0.1, 0.15) is 43.4 Å². The summed E-state index contributed by atoms with van der Waals surface area (Å²) in [4.78, 5) is 27.2. The van der Waals surface area contributed by atoms with Crippen LogP contribution in [0, 0.1) is 30.3 Å². The van der Waals surface area contributed by atoms with Gasteiger partial charge in [0.15, 0.2) is 11.6 Å². The van der Waals surface area contributed by atoms with E-state index in [4.69, 9.17) is 10.5 Å². The Kier molecular flexibility index (Phi) is 9.26. The van der Waals surface area contributed by atoms with Crippen LogP contribution in [-0.2, 0) is 13.1 Å². The average molecular weight is 538 g/mol. The summed E-state index contributed by atoms with van der Waals surface area (Å²) in [5.41, 5.74) is 4.59. The van der Waals surface area contributed by atoms with Crippen LogP contribution in [0.25, 0.3) is 11.1 Å². The van der Waals surface area contributed by atoms with Gasteiger partial charge in [-0.25, -0.2) is 18.0 Å². The fraction of sp³-hybridized carbons (Fsp3) is 0.407. The van der Waals surface area contributed by atoms with Crippen LogP contribution in [-0.4, -0.2) is 22.3 Å². The monoisotopic (exact) mass is 537 g/mol. The largest absolute Gasteiger partial charge is 0.494 e. The first kappa shape index (κ1) is 28.5. The second-order valence-corrected chi connectivity index (χ2v) is 9.33.